The van der Waals surface area contributed by atoms with E-state index in [1.165, 1.54) is 6.07 Å². The topological polar surface area (TPSA) is 149 Å². The van der Waals surface area contributed by atoms with Gasteiger partial charge in [0, 0.05) is 23.6 Å². The first-order valence-electron chi connectivity index (χ1n) is 8.01. The maximum absolute atomic E-state index is 11.2. The van der Waals surface area contributed by atoms with Crippen LogP contribution in [-0.4, -0.2) is 28.5 Å². The predicted octanol–water partition coefficient (Wildman–Crippen LogP) is 3.23. The number of benzene rings is 2. The van der Waals surface area contributed by atoms with Crippen molar-refractivity contribution in [2.75, 3.05) is 24.7 Å². The number of nitrogen functional groups attached to an aromatic ring is 1. The quantitative estimate of drug-likeness (QED) is 0.328. The number of ether oxygens (including phenoxy) is 1. The summed E-state index contributed by atoms with van der Waals surface area (Å²) >= 11 is 0. The van der Waals surface area contributed by atoms with E-state index in [1.54, 1.807) is 7.11 Å². The van der Waals surface area contributed by atoms with Gasteiger partial charge in [-0.15, -0.1) is 0 Å². The van der Waals surface area contributed by atoms with Crippen LogP contribution in [0.1, 0.15) is 5.56 Å². The number of aromatic amines is 1. The number of methoxy groups -OCH3 is 1. The van der Waals surface area contributed by atoms with Gasteiger partial charge in [0.25, 0.3) is 11.4 Å². The third-order valence-corrected chi connectivity index (χ3v) is 4.22. The number of aromatic nitrogens is 1. The molecule has 3 rings (SSSR count). The van der Waals surface area contributed by atoms with Crippen molar-refractivity contribution in [2.24, 2.45) is 0 Å². The first kappa shape index (κ1) is 18.0. The van der Waals surface area contributed by atoms with E-state index >= 15 is 0 Å². The lowest BCUT2D eigenvalue weighted by Crippen LogP contribution is -2.08. The first-order valence-corrected chi connectivity index (χ1v) is 8.01. The molecule has 0 aliphatic carbocycles. The normalized spacial score (nSPS) is 10.7. The summed E-state index contributed by atoms with van der Waals surface area (Å²) in [6.45, 7) is 0.377. The number of nitrogens with two attached hydrogens (primary N) is 1. The fourth-order valence-electron chi connectivity index (χ4n) is 2.87. The number of nitrogens with zero attached hydrogens (tertiary/aromatic N) is 2. The zero-order valence-corrected chi connectivity index (χ0v) is 14.4. The number of hydrogen-bond acceptors (Lipinski definition) is 7. The van der Waals surface area contributed by atoms with Gasteiger partial charge < -0.3 is 20.8 Å². The highest BCUT2D eigenvalue weighted by Crippen LogP contribution is 2.34. The van der Waals surface area contributed by atoms with E-state index in [1.807, 2.05) is 24.4 Å². The van der Waals surface area contributed by atoms with E-state index in [0.29, 0.717) is 13.0 Å². The van der Waals surface area contributed by atoms with E-state index < -0.39 is 21.2 Å². The van der Waals surface area contributed by atoms with Gasteiger partial charge in [0.1, 0.15) is 17.1 Å². The molecule has 140 valence electrons. The summed E-state index contributed by atoms with van der Waals surface area (Å²) in [5.74, 6) is 0.732. The molecule has 1 heterocycles. The van der Waals surface area contributed by atoms with Crippen molar-refractivity contribution in [2.45, 2.75) is 6.42 Å². The molecule has 0 radical (unpaired) electrons. The van der Waals surface area contributed by atoms with E-state index in [0.717, 1.165) is 28.3 Å². The molecular formula is C17H17N5O5. The summed E-state index contributed by atoms with van der Waals surface area (Å²) < 4.78 is 5.23. The minimum atomic E-state index is -0.745. The maximum atomic E-state index is 11.2. The zero-order valence-electron chi connectivity index (χ0n) is 14.4. The van der Waals surface area contributed by atoms with Crippen molar-refractivity contribution in [3.8, 4) is 5.75 Å². The molecule has 3 aromatic rings. The van der Waals surface area contributed by atoms with Crippen molar-refractivity contribution in [3.63, 3.8) is 0 Å². The zero-order chi connectivity index (χ0) is 19.6. The molecule has 4 N–H and O–H groups in total. The Morgan fingerprint density at radius 2 is 1.89 bits per heavy atom. The number of nitro benzene ring substituents is 2. The number of nitrogens with one attached hydrogen (secondary N) is 2. The fourth-order valence-corrected chi connectivity index (χ4v) is 2.87. The van der Waals surface area contributed by atoms with Crippen LogP contribution in [0.3, 0.4) is 0 Å². The second-order valence-electron chi connectivity index (χ2n) is 5.84. The molecule has 10 nitrogen and oxygen atoms in total. The monoisotopic (exact) mass is 371 g/mol. The van der Waals surface area contributed by atoms with E-state index in [-0.39, 0.29) is 11.4 Å². The lowest BCUT2D eigenvalue weighted by Gasteiger charge is -2.08. The molecule has 27 heavy (non-hydrogen) atoms. The predicted molar refractivity (Wildman–Crippen MR) is 101 cm³/mol. The molecule has 0 saturated carbocycles. The Hall–Kier alpha value is -3.82. The lowest BCUT2D eigenvalue weighted by molar-refractivity contribution is -0.393. The molecule has 0 spiro atoms. The molecule has 2 aromatic carbocycles. The summed E-state index contributed by atoms with van der Waals surface area (Å²) in [5, 5.41) is 26.1. The molecule has 0 aliphatic rings. The van der Waals surface area contributed by atoms with Gasteiger partial charge in [-0.2, -0.15) is 0 Å². The summed E-state index contributed by atoms with van der Waals surface area (Å²) in [4.78, 5) is 23.9. The Balaban J connectivity index is 1.80. The second-order valence-corrected chi connectivity index (χ2v) is 5.84. The SMILES string of the molecule is COc1ccc2[nH]cc(CCNc3cc(N)c([N+](=O)[O-])cc3[N+](=O)[O-])c2c1. The van der Waals surface area contributed by atoms with Crippen molar-refractivity contribution in [3.05, 3.63) is 62.3 Å². The third kappa shape index (κ3) is 3.59. The van der Waals surface area contributed by atoms with Gasteiger partial charge in [-0.05, 0) is 36.2 Å². The van der Waals surface area contributed by atoms with Crippen LogP contribution in [0.2, 0.25) is 0 Å². The summed E-state index contributed by atoms with van der Waals surface area (Å²) in [5.41, 5.74) is 6.73. The maximum Gasteiger partial charge on any atom is 0.299 e. The van der Waals surface area contributed by atoms with Crippen LogP contribution in [0.25, 0.3) is 10.9 Å². The Morgan fingerprint density at radius 3 is 2.56 bits per heavy atom. The standard InChI is InChI=1S/C17H17N5O5/c1-27-11-2-3-14-12(6-11)10(9-20-14)4-5-19-15-7-13(18)16(21(23)24)8-17(15)22(25)26/h2-3,6-9,19-20H,4-5,18H2,1H3. The molecule has 0 unspecified atom stereocenters. The number of anilines is 2. The largest absolute Gasteiger partial charge is 0.497 e. The average molecular weight is 371 g/mol. The molecular weight excluding hydrogens is 354 g/mol. The van der Waals surface area contributed by atoms with Gasteiger partial charge in [0.05, 0.1) is 23.0 Å². The van der Waals surface area contributed by atoms with Gasteiger partial charge in [-0.1, -0.05) is 0 Å². The highest BCUT2D eigenvalue weighted by molar-refractivity contribution is 5.84. The van der Waals surface area contributed by atoms with Crippen molar-refractivity contribution in [1.29, 1.82) is 0 Å². The van der Waals surface area contributed by atoms with Crippen LogP contribution in [0.5, 0.6) is 5.75 Å². The number of rotatable bonds is 7. The molecule has 0 bridgehead atoms. The van der Waals surface area contributed by atoms with Crippen LogP contribution in [0.4, 0.5) is 22.7 Å². The molecule has 0 atom stereocenters. The van der Waals surface area contributed by atoms with E-state index in [4.69, 9.17) is 10.5 Å². The van der Waals surface area contributed by atoms with Crippen molar-refractivity contribution < 1.29 is 14.6 Å². The Morgan fingerprint density at radius 1 is 1.15 bits per heavy atom. The van der Waals surface area contributed by atoms with E-state index in [2.05, 4.69) is 10.3 Å². The smallest absolute Gasteiger partial charge is 0.299 e. The molecule has 1 aromatic heterocycles. The summed E-state index contributed by atoms with van der Waals surface area (Å²) in [7, 11) is 1.59. The van der Waals surface area contributed by atoms with Crippen LogP contribution in [0, 0.1) is 20.2 Å². The van der Waals surface area contributed by atoms with Gasteiger partial charge >= 0.3 is 0 Å². The Bertz CT molecular complexity index is 1030. The Kier molecular flexibility index (Phi) is 4.79. The molecule has 10 heteroatoms. The van der Waals surface area contributed by atoms with Crippen molar-refractivity contribution >= 4 is 33.7 Å². The van der Waals surface area contributed by atoms with Crippen molar-refractivity contribution in [1.82, 2.24) is 4.98 Å². The number of nitro groups is 2. The summed E-state index contributed by atoms with van der Waals surface area (Å²) in [6.07, 6.45) is 2.44. The fraction of sp³-hybridized carbons (Fsp3) is 0.176. The number of fused-ring (bicyclic) bond motifs is 1. The Labute approximate surface area is 153 Å². The lowest BCUT2D eigenvalue weighted by atomic mass is 10.1. The summed E-state index contributed by atoms with van der Waals surface area (Å²) in [6, 6.07) is 7.76. The van der Waals surface area contributed by atoms with Crippen LogP contribution < -0.4 is 15.8 Å². The highest BCUT2D eigenvalue weighted by atomic mass is 16.6. The minimum Gasteiger partial charge on any atom is -0.497 e. The molecule has 0 fully saturated rings. The average Bonchev–Trinajstić information content (AvgIpc) is 3.03. The number of hydrogen-bond donors (Lipinski definition) is 3. The van der Waals surface area contributed by atoms with Gasteiger partial charge in [-0.3, -0.25) is 20.2 Å². The molecule has 0 amide bonds. The van der Waals surface area contributed by atoms with Crippen LogP contribution >= 0.6 is 0 Å². The van der Waals surface area contributed by atoms with Crippen LogP contribution in [-0.2, 0) is 6.42 Å². The molecule has 0 saturated heterocycles. The third-order valence-electron chi connectivity index (χ3n) is 4.22. The van der Waals surface area contributed by atoms with Crippen LogP contribution in [0.15, 0.2) is 36.5 Å². The van der Waals surface area contributed by atoms with Gasteiger partial charge in [-0.25, -0.2) is 0 Å². The van der Waals surface area contributed by atoms with Gasteiger partial charge in [0.2, 0.25) is 0 Å². The van der Waals surface area contributed by atoms with E-state index in [9.17, 15) is 20.2 Å². The second kappa shape index (κ2) is 7.20. The first-order chi connectivity index (χ1) is 12.9. The van der Waals surface area contributed by atoms with Gasteiger partial charge in [0.15, 0.2) is 0 Å². The minimum absolute atomic E-state index is 0.134. The highest BCUT2D eigenvalue weighted by Gasteiger charge is 2.23. The molecule has 0 aliphatic heterocycles. The number of H-pyrrole nitrogens is 1.